The first kappa shape index (κ1) is 19.1. The summed E-state index contributed by atoms with van der Waals surface area (Å²) in [7, 11) is 0. The van der Waals surface area contributed by atoms with Gasteiger partial charge in [0.05, 0.1) is 19.6 Å². The molecule has 2 aromatic rings. The second kappa shape index (κ2) is 9.32. The molecule has 1 amide bonds. The Kier molecular flexibility index (Phi) is 6.59. The minimum absolute atomic E-state index is 0.0234. The van der Waals surface area contributed by atoms with E-state index in [1.165, 1.54) is 0 Å². The molecule has 1 aliphatic rings. The van der Waals surface area contributed by atoms with Gasteiger partial charge < -0.3 is 20.3 Å². The normalized spacial score (nSPS) is 14.1. The van der Waals surface area contributed by atoms with E-state index in [1.807, 2.05) is 44.2 Å². The molecule has 7 nitrogen and oxygen atoms in total. The van der Waals surface area contributed by atoms with Crippen molar-refractivity contribution in [3.05, 3.63) is 47.3 Å². The van der Waals surface area contributed by atoms with E-state index in [0.717, 1.165) is 54.9 Å². The monoisotopic (exact) mass is 369 g/mol. The zero-order chi connectivity index (χ0) is 19.1. The largest absolute Gasteiger partial charge is 0.378 e. The summed E-state index contributed by atoms with van der Waals surface area (Å²) < 4.78 is 5.39. The highest BCUT2D eigenvalue weighted by atomic mass is 16.5. The Hall–Kier alpha value is -2.67. The number of rotatable bonds is 7. The minimum atomic E-state index is 0.0234. The van der Waals surface area contributed by atoms with Crippen LogP contribution in [0.15, 0.2) is 30.3 Å². The summed E-state index contributed by atoms with van der Waals surface area (Å²) in [5.41, 5.74) is 2.19. The van der Waals surface area contributed by atoms with Gasteiger partial charge in [-0.15, -0.1) is 0 Å². The number of benzene rings is 1. The molecule has 0 spiro atoms. The first-order valence-electron chi connectivity index (χ1n) is 9.34. The van der Waals surface area contributed by atoms with Crippen LogP contribution < -0.4 is 15.5 Å². The molecule has 1 saturated heterocycles. The van der Waals surface area contributed by atoms with Crippen LogP contribution >= 0.6 is 0 Å². The van der Waals surface area contributed by atoms with Gasteiger partial charge in [-0.1, -0.05) is 29.8 Å². The number of hydrogen-bond donors (Lipinski definition) is 2. The zero-order valence-corrected chi connectivity index (χ0v) is 16.0. The van der Waals surface area contributed by atoms with Crippen LogP contribution in [0.2, 0.25) is 0 Å². The Morgan fingerprint density at radius 2 is 1.96 bits per heavy atom. The van der Waals surface area contributed by atoms with Crippen molar-refractivity contribution in [1.29, 1.82) is 0 Å². The van der Waals surface area contributed by atoms with Crippen molar-refractivity contribution in [3.63, 3.8) is 0 Å². The fourth-order valence-corrected chi connectivity index (χ4v) is 3.06. The number of carbonyl (C=O) groups is 1. The Labute approximate surface area is 160 Å². The van der Waals surface area contributed by atoms with Gasteiger partial charge in [0.15, 0.2) is 0 Å². The van der Waals surface area contributed by atoms with Crippen molar-refractivity contribution >= 4 is 17.5 Å². The number of carbonyl (C=O) groups excluding carboxylic acids is 1. The molecule has 2 N–H and O–H groups in total. The van der Waals surface area contributed by atoms with Crippen molar-refractivity contribution < 1.29 is 9.53 Å². The van der Waals surface area contributed by atoms with Crippen LogP contribution in [0, 0.1) is 13.8 Å². The molecule has 3 rings (SSSR count). The van der Waals surface area contributed by atoms with Gasteiger partial charge in [-0.3, -0.25) is 4.79 Å². The molecule has 144 valence electrons. The molecule has 0 atom stereocenters. The second-order valence-electron chi connectivity index (χ2n) is 6.70. The third kappa shape index (κ3) is 5.92. The van der Waals surface area contributed by atoms with E-state index >= 15 is 0 Å². The highest BCUT2D eigenvalue weighted by Gasteiger charge is 2.14. The molecular weight excluding hydrogens is 342 g/mol. The Morgan fingerprint density at radius 3 is 2.74 bits per heavy atom. The molecule has 1 aliphatic heterocycles. The van der Waals surface area contributed by atoms with Crippen LogP contribution in [0.4, 0.5) is 11.6 Å². The van der Waals surface area contributed by atoms with Gasteiger partial charge in [0.25, 0.3) is 0 Å². The van der Waals surface area contributed by atoms with Gasteiger partial charge in [0.2, 0.25) is 5.91 Å². The van der Waals surface area contributed by atoms with E-state index in [2.05, 4.69) is 25.5 Å². The first-order valence-corrected chi connectivity index (χ1v) is 9.34. The van der Waals surface area contributed by atoms with Gasteiger partial charge in [-0.25, -0.2) is 9.97 Å². The smallest absolute Gasteiger partial charge is 0.224 e. The van der Waals surface area contributed by atoms with Crippen molar-refractivity contribution in [1.82, 2.24) is 15.3 Å². The first-order chi connectivity index (χ1) is 13.1. The number of anilines is 2. The average Bonchev–Trinajstić information content (AvgIpc) is 2.65. The number of ether oxygens (including phenoxy) is 1. The predicted molar refractivity (Wildman–Crippen MR) is 106 cm³/mol. The maximum atomic E-state index is 12.1. The lowest BCUT2D eigenvalue weighted by Gasteiger charge is -2.28. The van der Waals surface area contributed by atoms with Crippen LogP contribution in [0.5, 0.6) is 0 Å². The summed E-state index contributed by atoms with van der Waals surface area (Å²) in [6, 6.07) is 9.96. The van der Waals surface area contributed by atoms with Crippen LogP contribution in [0.3, 0.4) is 0 Å². The van der Waals surface area contributed by atoms with Gasteiger partial charge in [-0.05, 0) is 19.4 Å². The third-order valence-corrected chi connectivity index (χ3v) is 4.36. The SMILES string of the molecule is Cc1cccc(CC(=O)NCCNc2cc(N3CCOCC3)nc(C)n2)c1. The van der Waals surface area contributed by atoms with E-state index in [0.29, 0.717) is 19.5 Å². The summed E-state index contributed by atoms with van der Waals surface area (Å²) in [6.45, 7) is 8.19. The summed E-state index contributed by atoms with van der Waals surface area (Å²) in [6.07, 6.45) is 0.398. The van der Waals surface area contributed by atoms with Gasteiger partial charge in [0.1, 0.15) is 17.5 Å². The van der Waals surface area contributed by atoms with E-state index in [1.54, 1.807) is 0 Å². The quantitative estimate of drug-likeness (QED) is 0.723. The van der Waals surface area contributed by atoms with E-state index in [9.17, 15) is 4.79 Å². The van der Waals surface area contributed by atoms with Gasteiger partial charge >= 0.3 is 0 Å². The Bertz CT molecular complexity index is 775. The van der Waals surface area contributed by atoms with Crippen LogP contribution in [0.1, 0.15) is 17.0 Å². The second-order valence-corrected chi connectivity index (χ2v) is 6.70. The minimum Gasteiger partial charge on any atom is -0.378 e. The maximum absolute atomic E-state index is 12.1. The number of nitrogens with zero attached hydrogens (tertiary/aromatic N) is 3. The van der Waals surface area contributed by atoms with Crippen molar-refractivity contribution in [2.75, 3.05) is 49.6 Å². The van der Waals surface area contributed by atoms with E-state index < -0.39 is 0 Å². The lowest BCUT2D eigenvalue weighted by molar-refractivity contribution is -0.120. The zero-order valence-electron chi connectivity index (χ0n) is 16.0. The highest BCUT2D eigenvalue weighted by Crippen LogP contribution is 2.16. The lowest BCUT2D eigenvalue weighted by atomic mass is 10.1. The third-order valence-electron chi connectivity index (χ3n) is 4.36. The number of aromatic nitrogens is 2. The number of hydrogen-bond acceptors (Lipinski definition) is 6. The molecule has 0 radical (unpaired) electrons. The molecule has 7 heteroatoms. The van der Waals surface area contributed by atoms with Crippen molar-refractivity contribution in [2.24, 2.45) is 0 Å². The fourth-order valence-electron chi connectivity index (χ4n) is 3.06. The van der Waals surface area contributed by atoms with Crippen LogP contribution in [-0.2, 0) is 16.0 Å². The average molecular weight is 369 g/mol. The summed E-state index contributed by atoms with van der Waals surface area (Å²) in [5.74, 6) is 2.44. The van der Waals surface area contributed by atoms with Crippen molar-refractivity contribution in [3.8, 4) is 0 Å². The number of aryl methyl sites for hydroxylation is 2. The van der Waals surface area contributed by atoms with Gasteiger partial charge in [-0.2, -0.15) is 0 Å². The van der Waals surface area contributed by atoms with Crippen LogP contribution in [0.25, 0.3) is 0 Å². The molecule has 1 fully saturated rings. The number of nitrogens with one attached hydrogen (secondary N) is 2. The topological polar surface area (TPSA) is 79.4 Å². The molecule has 0 aliphatic carbocycles. The lowest BCUT2D eigenvalue weighted by Crippen LogP contribution is -2.37. The highest BCUT2D eigenvalue weighted by molar-refractivity contribution is 5.78. The van der Waals surface area contributed by atoms with Crippen LogP contribution in [-0.4, -0.2) is 55.3 Å². The number of amides is 1. The standard InChI is InChI=1S/C20H27N5O2/c1-15-4-3-5-17(12-15)13-20(26)22-7-6-21-18-14-19(24-16(2)23-18)25-8-10-27-11-9-25/h3-5,12,14H,6-11,13H2,1-2H3,(H,22,26)(H,21,23,24). The molecule has 1 aromatic heterocycles. The van der Waals surface area contributed by atoms with E-state index in [-0.39, 0.29) is 5.91 Å². The molecular formula is C20H27N5O2. The van der Waals surface area contributed by atoms with E-state index in [4.69, 9.17) is 4.74 Å². The molecule has 0 saturated carbocycles. The molecule has 0 bridgehead atoms. The van der Waals surface area contributed by atoms with Crippen molar-refractivity contribution in [2.45, 2.75) is 20.3 Å². The summed E-state index contributed by atoms with van der Waals surface area (Å²) in [5, 5.41) is 6.21. The molecule has 0 unspecified atom stereocenters. The molecule has 2 heterocycles. The molecule has 1 aromatic carbocycles. The molecule has 27 heavy (non-hydrogen) atoms. The fraction of sp³-hybridized carbons (Fsp3) is 0.450. The maximum Gasteiger partial charge on any atom is 0.224 e. The Balaban J connectivity index is 1.46. The van der Waals surface area contributed by atoms with Gasteiger partial charge in [0, 0.05) is 32.2 Å². The predicted octanol–water partition coefficient (Wildman–Crippen LogP) is 1.70. The summed E-state index contributed by atoms with van der Waals surface area (Å²) >= 11 is 0. The number of morpholine rings is 1. The summed E-state index contributed by atoms with van der Waals surface area (Å²) in [4.78, 5) is 23.2. The Morgan fingerprint density at radius 1 is 1.15 bits per heavy atom.